The monoisotopic (exact) mass is 308 g/mol. The molecule has 0 aliphatic carbocycles. The Balaban J connectivity index is 2.11. The highest BCUT2D eigenvalue weighted by Crippen LogP contribution is 2.23. The molecule has 0 fully saturated rings. The van der Waals surface area contributed by atoms with E-state index in [4.69, 9.17) is 23.8 Å². The first-order valence-corrected chi connectivity index (χ1v) is 6.85. The van der Waals surface area contributed by atoms with E-state index in [0.29, 0.717) is 27.1 Å². The summed E-state index contributed by atoms with van der Waals surface area (Å²) in [6.45, 7) is 3.65. The third-order valence-electron chi connectivity index (χ3n) is 2.89. The maximum Gasteiger partial charge on any atom is 0.175 e. The highest BCUT2D eigenvalue weighted by atomic mass is 35.5. The first kappa shape index (κ1) is 14.8. The van der Waals surface area contributed by atoms with E-state index in [-0.39, 0.29) is 5.82 Å². The van der Waals surface area contributed by atoms with E-state index in [1.807, 2.05) is 25.1 Å². The first-order chi connectivity index (χ1) is 9.47. The van der Waals surface area contributed by atoms with Gasteiger partial charge in [-0.3, -0.25) is 0 Å². The highest BCUT2D eigenvalue weighted by molar-refractivity contribution is 7.80. The van der Waals surface area contributed by atoms with Crippen LogP contribution in [0.2, 0.25) is 5.02 Å². The Hall–Kier alpha value is -1.65. The van der Waals surface area contributed by atoms with Crippen LogP contribution in [0.5, 0.6) is 0 Å². The average Bonchev–Trinajstić information content (AvgIpc) is 2.38. The van der Waals surface area contributed by atoms with Gasteiger partial charge in [0.1, 0.15) is 5.82 Å². The van der Waals surface area contributed by atoms with E-state index < -0.39 is 0 Å². The quantitative estimate of drug-likeness (QED) is 0.771. The van der Waals surface area contributed by atoms with Crippen molar-refractivity contribution in [1.82, 2.24) is 0 Å². The van der Waals surface area contributed by atoms with Crippen molar-refractivity contribution in [3.05, 3.63) is 58.4 Å². The summed E-state index contributed by atoms with van der Waals surface area (Å²) in [5, 5.41) is 6.91. The van der Waals surface area contributed by atoms with Crippen LogP contribution in [0.1, 0.15) is 11.1 Å². The Morgan fingerprint density at radius 1 is 1.10 bits per heavy atom. The van der Waals surface area contributed by atoms with Crippen LogP contribution in [0.25, 0.3) is 0 Å². The lowest BCUT2D eigenvalue weighted by Crippen LogP contribution is -2.20. The number of thiocarbonyl (C=S) groups is 1. The standard InChI is InChI=1S/C15H14ClFN2S/c1-9-6-7-14(11(16)8-9)19-15(20)18-13-5-3-4-12(17)10(13)2/h3-8H,1-2H3,(H2,18,19,20). The number of aryl methyl sites for hydroxylation is 1. The molecule has 5 heteroatoms. The molecule has 0 unspecified atom stereocenters. The maximum absolute atomic E-state index is 13.4. The summed E-state index contributed by atoms with van der Waals surface area (Å²) in [4.78, 5) is 0. The third-order valence-corrected chi connectivity index (χ3v) is 3.41. The van der Waals surface area contributed by atoms with Crippen molar-refractivity contribution in [2.75, 3.05) is 10.6 Å². The van der Waals surface area contributed by atoms with E-state index in [1.165, 1.54) is 6.07 Å². The summed E-state index contributed by atoms with van der Waals surface area (Å²) in [5.74, 6) is -0.272. The van der Waals surface area contributed by atoms with Gasteiger partial charge in [-0.25, -0.2) is 4.39 Å². The highest BCUT2D eigenvalue weighted by Gasteiger charge is 2.07. The largest absolute Gasteiger partial charge is 0.332 e. The minimum absolute atomic E-state index is 0.272. The molecule has 2 aromatic rings. The fraction of sp³-hybridized carbons (Fsp3) is 0.133. The zero-order valence-electron chi connectivity index (χ0n) is 11.1. The van der Waals surface area contributed by atoms with Crippen molar-refractivity contribution in [3.63, 3.8) is 0 Å². The number of benzene rings is 2. The number of halogens is 2. The molecule has 0 aliphatic heterocycles. The van der Waals surface area contributed by atoms with Crippen molar-refractivity contribution in [3.8, 4) is 0 Å². The summed E-state index contributed by atoms with van der Waals surface area (Å²) in [6, 6.07) is 10.4. The van der Waals surface area contributed by atoms with Gasteiger partial charge in [-0.05, 0) is 55.9 Å². The van der Waals surface area contributed by atoms with Crippen molar-refractivity contribution >= 4 is 40.3 Å². The SMILES string of the molecule is Cc1ccc(NC(=S)Nc2cccc(F)c2C)c(Cl)c1. The van der Waals surface area contributed by atoms with E-state index in [2.05, 4.69) is 10.6 Å². The predicted octanol–water partition coefficient (Wildman–Crippen LogP) is 4.90. The fourth-order valence-corrected chi connectivity index (χ4v) is 2.24. The second-order valence-corrected chi connectivity index (χ2v) is 5.29. The average molecular weight is 309 g/mol. The molecule has 0 heterocycles. The summed E-state index contributed by atoms with van der Waals surface area (Å²) < 4.78 is 13.4. The van der Waals surface area contributed by atoms with E-state index >= 15 is 0 Å². The summed E-state index contributed by atoms with van der Waals surface area (Å²) >= 11 is 11.3. The van der Waals surface area contributed by atoms with Gasteiger partial charge >= 0.3 is 0 Å². The number of anilines is 2. The minimum atomic E-state index is -0.272. The molecule has 104 valence electrons. The van der Waals surface area contributed by atoms with Crippen molar-refractivity contribution in [2.45, 2.75) is 13.8 Å². The molecule has 20 heavy (non-hydrogen) atoms. The van der Waals surface area contributed by atoms with Gasteiger partial charge < -0.3 is 10.6 Å². The van der Waals surface area contributed by atoms with E-state index in [0.717, 1.165) is 5.56 Å². The lowest BCUT2D eigenvalue weighted by molar-refractivity contribution is 0.619. The normalized spacial score (nSPS) is 10.2. The first-order valence-electron chi connectivity index (χ1n) is 6.06. The number of hydrogen-bond donors (Lipinski definition) is 2. The number of hydrogen-bond acceptors (Lipinski definition) is 1. The molecule has 2 N–H and O–H groups in total. The van der Waals surface area contributed by atoms with Crippen molar-refractivity contribution < 1.29 is 4.39 Å². The molecule has 0 bridgehead atoms. The second kappa shape index (κ2) is 6.20. The van der Waals surface area contributed by atoms with Gasteiger partial charge in [0.2, 0.25) is 0 Å². The Morgan fingerprint density at radius 2 is 1.80 bits per heavy atom. The van der Waals surface area contributed by atoms with Crippen molar-refractivity contribution in [1.29, 1.82) is 0 Å². The molecule has 0 saturated heterocycles. The van der Waals surface area contributed by atoms with E-state index in [9.17, 15) is 4.39 Å². The van der Waals surface area contributed by atoms with Crippen LogP contribution >= 0.6 is 23.8 Å². The molecular formula is C15H14ClFN2S. The molecule has 0 radical (unpaired) electrons. The van der Waals surface area contributed by atoms with Crippen LogP contribution in [-0.4, -0.2) is 5.11 Å². The Kier molecular flexibility index (Phi) is 4.57. The lowest BCUT2D eigenvalue weighted by Gasteiger charge is -2.14. The Labute approximate surface area is 128 Å². The molecule has 2 aromatic carbocycles. The van der Waals surface area contributed by atoms with Gasteiger partial charge in [0.15, 0.2) is 5.11 Å². The molecule has 0 aromatic heterocycles. The minimum Gasteiger partial charge on any atom is -0.332 e. The summed E-state index contributed by atoms with van der Waals surface area (Å²) in [5.41, 5.74) is 2.93. The van der Waals surface area contributed by atoms with Gasteiger partial charge in [-0.2, -0.15) is 0 Å². The maximum atomic E-state index is 13.4. The van der Waals surface area contributed by atoms with Gasteiger partial charge in [0.25, 0.3) is 0 Å². The van der Waals surface area contributed by atoms with Crippen molar-refractivity contribution in [2.24, 2.45) is 0 Å². The zero-order valence-corrected chi connectivity index (χ0v) is 12.7. The zero-order chi connectivity index (χ0) is 14.7. The molecule has 0 atom stereocenters. The second-order valence-electron chi connectivity index (χ2n) is 4.47. The van der Waals surface area contributed by atoms with E-state index in [1.54, 1.807) is 19.1 Å². The predicted molar refractivity (Wildman–Crippen MR) is 87.2 cm³/mol. The summed E-state index contributed by atoms with van der Waals surface area (Å²) in [6.07, 6.45) is 0. The smallest absolute Gasteiger partial charge is 0.175 e. The van der Waals surface area contributed by atoms with Gasteiger partial charge in [-0.15, -0.1) is 0 Å². The number of rotatable bonds is 2. The van der Waals surface area contributed by atoms with Gasteiger partial charge in [0.05, 0.1) is 10.7 Å². The van der Waals surface area contributed by atoms with Crippen LogP contribution < -0.4 is 10.6 Å². The van der Waals surface area contributed by atoms with Crippen LogP contribution in [0, 0.1) is 19.7 Å². The molecule has 2 rings (SSSR count). The van der Waals surface area contributed by atoms with Crippen LogP contribution in [0.15, 0.2) is 36.4 Å². The van der Waals surface area contributed by atoms with Gasteiger partial charge in [-0.1, -0.05) is 23.7 Å². The number of nitrogens with one attached hydrogen (secondary N) is 2. The molecular weight excluding hydrogens is 295 g/mol. The topological polar surface area (TPSA) is 24.1 Å². The molecule has 0 aliphatic rings. The Morgan fingerprint density at radius 3 is 2.50 bits per heavy atom. The van der Waals surface area contributed by atoms with Crippen LogP contribution in [0.4, 0.5) is 15.8 Å². The molecule has 0 amide bonds. The van der Waals surface area contributed by atoms with Crippen LogP contribution in [0.3, 0.4) is 0 Å². The molecule has 0 spiro atoms. The molecule has 2 nitrogen and oxygen atoms in total. The Bertz CT molecular complexity index is 658. The lowest BCUT2D eigenvalue weighted by atomic mass is 10.2. The molecule has 0 saturated carbocycles. The van der Waals surface area contributed by atoms with Gasteiger partial charge in [0, 0.05) is 11.3 Å². The third kappa shape index (κ3) is 3.46. The fourth-order valence-electron chi connectivity index (χ4n) is 1.74. The summed E-state index contributed by atoms with van der Waals surface area (Å²) in [7, 11) is 0. The van der Waals surface area contributed by atoms with Crippen LogP contribution in [-0.2, 0) is 0 Å².